The average Bonchev–Trinajstić information content (AvgIpc) is 2.26. The molecule has 88 valence electrons. The molecule has 1 aromatic rings. The maximum absolute atomic E-state index is 12.6. The van der Waals surface area contributed by atoms with Crippen LogP contribution < -0.4 is 5.56 Å². The Kier molecular flexibility index (Phi) is 4.17. The number of hydrogen-bond donors (Lipinski definition) is 1. The third kappa shape index (κ3) is 2.46. The smallest absolute Gasteiger partial charge is 0.340 e. The van der Waals surface area contributed by atoms with Crippen LogP contribution in [0.5, 0.6) is 0 Å². The van der Waals surface area contributed by atoms with E-state index in [1.165, 1.54) is 0 Å². The van der Waals surface area contributed by atoms with Crippen molar-refractivity contribution < 1.29 is 18.3 Å². The Balaban J connectivity index is 3.51. The van der Waals surface area contributed by atoms with E-state index in [1.54, 1.807) is 0 Å². The molecule has 0 aliphatic rings. The largest absolute Gasteiger partial charge is 0.465 e. The Bertz CT molecular complexity index is 459. The van der Waals surface area contributed by atoms with Crippen LogP contribution in [-0.2, 0) is 10.1 Å². The van der Waals surface area contributed by atoms with E-state index in [2.05, 4.69) is 25.7 Å². The summed E-state index contributed by atoms with van der Waals surface area (Å²) >= 11 is 3.00. The minimum absolute atomic E-state index is 0.0766. The molecule has 1 N–H and O–H groups in total. The number of carbonyl (C=O) groups excluding carboxylic acids is 1. The van der Waals surface area contributed by atoms with Gasteiger partial charge in [0.15, 0.2) is 0 Å². The summed E-state index contributed by atoms with van der Waals surface area (Å²) in [4.78, 5) is 24.7. The van der Waals surface area contributed by atoms with Gasteiger partial charge in [0, 0.05) is 22.7 Å². The van der Waals surface area contributed by atoms with Crippen LogP contribution in [0.15, 0.2) is 10.9 Å². The topological polar surface area (TPSA) is 59.2 Å². The number of methoxy groups -OCH3 is 1. The zero-order valence-electron chi connectivity index (χ0n) is 8.22. The number of halogens is 3. The Morgan fingerprint density at radius 3 is 2.69 bits per heavy atom. The van der Waals surface area contributed by atoms with E-state index in [-0.39, 0.29) is 16.6 Å². The van der Waals surface area contributed by atoms with Crippen LogP contribution in [0.3, 0.4) is 0 Å². The molecule has 0 unspecified atom stereocenters. The minimum atomic E-state index is -2.91. The number of H-pyrrole nitrogens is 1. The predicted octanol–water partition coefficient (Wildman–Crippen LogP) is 1.99. The maximum Gasteiger partial charge on any atom is 0.340 e. The van der Waals surface area contributed by atoms with Gasteiger partial charge in [0.25, 0.3) is 6.43 Å². The minimum Gasteiger partial charge on any atom is -0.465 e. The molecule has 0 aliphatic carbocycles. The summed E-state index contributed by atoms with van der Waals surface area (Å²) in [5, 5.41) is 0.0766. The molecule has 0 saturated carbocycles. The predicted molar refractivity (Wildman–Crippen MR) is 56.0 cm³/mol. The van der Waals surface area contributed by atoms with E-state index in [1.807, 2.05) is 0 Å². The van der Waals surface area contributed by atoms with Crippen molar-refractivity contribution in [1.82, 2.24) is 4.98 Å². The molecule has 1 aromatic heterocycles. The molecule has 0 spiro atoms. The number of aromatic amines is 1. The Morgan fingerprint density at radius 2 is 2.25 bits per heavy atom. The van der Waals surface area contributed by atoms with Gasteiger partial charge in [-0.3, -0.25) is 4.79 Å². The SMILES string of the molecule is COC(=O)c1c(C(F)F)cc(=O)[nH]c1CBr. The lowest BCUT2D eigenvalue weighted by atomic mass is 10.1. The molecule has 0 aromatic carbocycles. The molecule has 0 amide bonds. The van der Waals surface area contributed by atoms with Crippen LogP contribution in [0, 0.1) is 0 Å². The van der Waals surface area contributed by atoms with Crippen molar-refractivity contribution in [2.45, 2.75) is 11.8 Å². The van der Waals surface area contributed by atoms with E-state index in [9.17, 15) is 18.4 Å². The highest BCUT2D eigenvalue weighted by Gasteiger charge is 2.23. The highest BCUT2D eigenvalue weighted by atomic mass is 79.9. The van der Waals surface area contributed by atoms with Crippen molar-refractivity contribution >= 4 is 21.9 Å². The summed E-state index contributed by atoms with van der Waals surface area (Å²) in [5.74, 6) is -0.902. The Morgan fingerprint density at radius 1 is 1.62 bits per heavy atom. The fourth-order valence-corrected chi connectivity index (χ4v) is 1.67. The molecular weight excluding hydrogens is 288 g/mol. The quantitative estimate of drug-likeness (QED) is 0.685. The second kappa shape index (κ2) is 5.20. The van der Waals surface area contributed by atoms with Crippen LogP contribution in [-0.4, -0.2) is 18.1 Å². The van der Waals surface area contributed by atoms with E-state index >= 15 is 0 Å². The first-order valence-electron chi connectivity index (χ1n) is 4.19. The first kappa shape index (κ1) is 12.8. The number of rotatable bonds is 3. The van der Waals surface area contributed by atoms with Crippen molar-refractivity contribution in [2.75, 3.05) is 7.11 Å². The second-order valence-corrected chi connectivity index (χ2v) is 3.43. The number of carbonyl (C=O) groups is 1. The van der Waals surface area contributed by atoms with Crippen LogP contribution in [0.25, 0.3) is 0 Å². The average molecular weight is 296 g/mol. The Hall–Kier alpha value is -1.24. The lowest BCUT2D eigenvalue weighted by Crippen LogP contribution is -2.18. The zero-order valence-corrected chi connectivity index (χ0v) is 9.81. The molecule has 0 aliphatic heterocycles. The molecule has 1 rings (SSSR count). The molecule has 0 atom stereocenters. The van der Waals surface area contributed by atoms with E-state index in [0.717, 1.165) is 7.11 Å². The highest BCUT2D eigenvalue weighted by molar-refractivity contribution is 9.08. The van der Waals surface area contributed by atoms with Gasteiger partial charge < -0.3 is 9.72 Å². The van der Waals surface area contributed by atoms with Gasteiger partial charge >= 0.3 is 5.97 Å². The first-order chi connectivity index (χ1) is 7.51. The third-order valence-corrected chi connectivity index (χ3v) is 2.47. The molecule has 1 heterocycles. The Labute approximate surface area is 97.7 Å². The molecule has 7 heteroatoms. The summed E-state index contributed by atoms with van der Waals surface area (Å²) in [6.07, 6.45) is -2.91. The van der Waals surface area contributed by atoms with Gasteiger partial charge in [0.2, 0.25) is 5.56 Å². The summed E-state index contributed by atoms with van der Waals surface area (Å²) in [5.41, 5.74) is -1.52. The normalized spacial score (nSPS) is 10.6. The van der Waals surface area contributed by atoms with Crippen LogP contribution >= 0.6 is 15.9 Å². The van der Waals surface area contributed by atoms with Gasteiger partial charge in [0.1, 0.15) is 0 Å². The van der Waals surface area contributed by atoms with Gasteiger partial charge in [-0.1, -0.05) is 15.9 Å². The maximum atomic E-state index is 12.6. The molecule has 4 nitrogen and oxygen atoms in total. The lowest BCUT2D eigenvalue weighted by molar-refractivity contribution is 0.0587. The number of nitrogens with one attached hydrogen (secondary N) is 1. The fraction of sp³-hybridized carbons (Fsp3) is 0.333. The number of esters is 1. The number of aromatic nitrogens is 1. The first-order valence-corrected chi connectivity index (χ1v) is 5.32. The zero-order chi connectivity index (χ0) is 12.3. The monoisotopic (exact) mass is 295 g/mol. The van der Waals surface area contributed by atoms with Gasteiger partial charge in [0.05, 0.1) is 12.7 Å². The van der Waals surface area contributed by atoms with Gasteiger partial charge in [-0.15, -0.1) is 0 Å². The second-order valence-electron chi connectivity index (χ2n) is 2.87. The van der Waals surface area contributed by atoms with E-state index in [4.69, 9.17) is 0 Å². The molecular formula is C9H8BrF2NO3. The number of hydrogen-bond acceptors (Lipinski definition) is 3. The molecule has 0 fully saturated rings. The summed E-state index contributed by atoms with van der Waals surface area (Å²) in [7, 11) is 1.08. The van der Waals surface area contributed by atoms with Gasteiger partial charge in [-0.25, -0.2) is 13.6 Å². The summed E-state index contributed by atoms with van der Waals surface area (Å²) in [6, 6.07) is 0.697. The van der Waals surface area contributed by atoms with Crippen molar-refractivity contribution in [3.63, 3.8) is 0 Å². The number of ether oxygens (including phenoxy) is 1. The van der Waals surface area contributed by atoms with Crippen LogP contribution in [0.2, 0.25) is 0 Å². The summed E-state index contributed by atoms with van der Waals surface area (Å²) in [6.45, 7) is 0. The van der Waals surface area contributed by atoms with Crippen molar-refractivity contribution in [3.8, 4) is 0 Å². The van der Waals surface area contributed by atoms with E-state index in [0.29, 0.717) is 6.07 Å². The van der Waals surface area contributed by atoms with E-state index < -0.39 is 23.5 Å². The van der Waals surface area contributed by atoms with Crippen molar-refractivity contribution in [2.24, 2.45) is 0 Å². The van der Waals surface area contributed by atoms with Crippen molar-refractivity contribution in [3.05, 3.63) is 33.2 Å². The molecule has 16 heavy (non-hydrogen) atoms. The highest BCUT2D eigenvalue weighted by Crippen LogP contribution is 2.24. The van der Waals surface area contributed by atoms with Crippen LogP contribution in [0.4, 0.5) is 8.78 Å². The van der Waals surface area contributed by atoms with Crippen LogP contribution in [0.1, 0.15) is 28.0 Å². The summed E-state index contributed by atoms with van der Waals surface area (Å²) < 4.78 is 29.7. The standard InChI is InChI=1S/C9H8BrF2NO3/c1-16-9(15)7-4(8(11)12)2-6(14)13-5(7)3-10/h2,8H,3H2,1H3,(H,13,14). The lowest BCUT2D eigenvalue weighted by Gasteiger charge is -2.10. The molecule has 0 saturated heterocycles. The number of alkyl halides is 3. The molecule has 0 bridgehead atoms. The van der Waals surface area contributed by atoms with Crippen molar-refractivity contribution in [1.29, 1.82) is 0 Å². The number of pyridine rings is 1. The van der Waals surface area contributed by atoms with Gasteiger partial charge in [-0.05, 0) is 0 Å². The van der Waals surface area contributed by atoms with Gasteiger partial charge in [-0.2, -0.15) is 0 Å². The fourth-order valence-electron chi connectivity index (χ4n) is 1.25. The third-order valence-electron chi connectivity index (χ3n) is 1.91. The molecule has 0 radical (unpaired) electrons.